The van der Waals surface area contributed by atoms with Crippen molar-refractivity contribution in [2.45, 2.75) is 26.3 Å². The van der Waals surface area contributed by atoms with E-state index in [-0.39, 0.29) is 5.91 Å². The maximum absolute atomic E-state index is 12.1. The van der Waals surface area contributed by atoms with Gasteiger partial charge in [0.25, 0.3) is 0 Å². The third-order valence-electron chi connectivity index (χ3n) is 6.18. The molecule has 2 aromatic carbocycles. The molecule has 5 nitrogen and oxygen atoms in total. The van der Waals surface area contributed by atoms with E-state index in [0.29, 0.717) is 12.3 Å². The maximum atomic E-state index is 12.1. The molecule has 0 saturated carbocycles. The average Bonchev–Trinajstić information content (AvgIpc) is 3.45. The maximum Gasteiger partial charge on any atom is 0.222 e. The number of hydrogen-bond acceptors (Lipinski definition) is 3. The topological polar surface area (TPSA) is 51.0 Å². The number of benzene rings is 2. The summed E-state index contributed by atoms with van der Waals surface area (Å²) in [6.45, 7) is 4.46. The molecule has 3 heterocycles. The van der Waals surface area contributed by atoms with Crippen molar-refractivity contribution >= 4 is 16.9 Å². The Morgan fingerprint density at radius 3 is 2.52 bits per heavy atom. The van der Waals surface area contributed by atoms with Crippen molar-refractivity contribution in [1.29, 1.82) is 0 Å². The molecule has 1 saturated heterocycles. The van der Waals surface area contributed by atoms with Crippen molar-refractivity contribution in [1.82, 2.24) is 19.4 Å². The van der Waals surface area contributed by atoms with E-state index in [2.05, 4.69) is 58.1 Å². The lowest BCUT2D eigenvalue weighted by molar-refractivity contribution is -0.129. The number of carbonyl (C=O) groups excluding carboxylic acids is 1. The molecule has 0 aliphatic carbocycles. The number of nitrogens with zero attached hydrogens (tertiary/aromatic N) is 4. The summed E-state index contributed by atoms with van der Waals surface area (Å²) in [5.74, 6) is 1.64. The van der Waals surface area contributed by atoms with Crippen molar-refractivity contribution in [3.8, 4) is 22.5 Å². The second-order valence-electron chi connectivity index (χ2n) is 8.20. The highest BCUT2D eigenvalue weighted by Crippen LogP contribution is 2.29. The molecule has 31 heavy (non-hydrogen) atoms. The Morgan fingerprint density at radius 2 is 1.74 bits per heavy atom. The second-order valence-corrected chi connectivity index (χ2v) is 8.20. The zero-order chi connectivity index (χ0) is 21.2. The predicted molar refractivity (Wildman–Crippen MR) is 123 cm³/mol. The number of fused-ring (bicyclic) bond motifs is 1. The summed E-state index contributed by atoms with van der Waals surface area (Å²) in [4.78, 5) is 23.3. The normalized spacial score (nSPS) is 16.2. The number of amides is 1. The summed E-state index contributed by atoms with van der Waals surface area (Å²) >= 11 is 0. The first-order valence-electron chi connectivity index (χ1n) is 11.0. The summed E-state index contributed by atoms with van der Waals surface area (Å²) in [5, 5.41) is 0. The molecule has 156 valence electrons. The van der Waals surface area contributed by atoms with Crippen LogP contribution in [0, 0.1) is 5.92 Å². The third kappa shape index (κ3) is 3.83. The van der Waals surface area contributed by atoms with E-state index in [4.69, 9.17) is 4.98 Å². The quantitative estimate of drug-likeness (QED) is 0.464. The number of hydrogen-bond donors (Lipinski definition) is 0. The van der Waals surface area contributed by atoms with Crippen molar-refractivity contribution in [2.75, 3.05) is 13.1 Å². The van der Waals surface area contributed by atoms with Crippen LogP contribution in [0.25, 0.3) is 33.5 Å². The van der Waals surface area contributed by atoms with Gasteiger partial charge in [-0.2, -0.15) is 0 Å². The Morgan fingerprint density at radius 1 is 1.00 bits per heavy atom. The number of carbonyl (C=O) groups is 1. The van der Waals surface area contributed by atoms with Gasteiger partial charge in [-0.05, 0) is 29.5 Å². The van der Waals surface area contributed by atoms with Gasteiger partial charge in [-0.1, -0.05) is 61.5 Å². The Kier molecular flexibility index (Phi) is 5.24. The first kappa shape index (κ1) is 19.5. The van der Waals surface area contributed by atoms with E-state index in [1.807, 2.05) is 36.4 Å². The molecular weight excluding hydrogens is 384 g/mol. The largest absolute Gasteiger partial charge is 0.342 e. The van der Waals surface area contributed by atoms with Crippen LogP contribution in [0.4, 0.5) is 0 Å². The van der Waals surface area contributed by atoms with E-state index in [0.717, 1.165) is 48.5 Å². The molecule has 1 fully saturated rings. The highest BCUT2D eigenvalue weighted by molar-refractivity contribution is 5.80. The monoisotopic (exact) mass is 410 g/mol. The molecule has 4 aromatic rings. The molecule has 5 heteroatoms. The van der Waals surface area contributed by atoms with Crippen LogP contribution in [0.3, 0.4) is 0 Å². The van der Waals surface area contributed by atoms with E-state index < -0.39 is 0 Å². The molecule has 1 amide bonds. The standard InChI is InChI=1S/C26H26N4O/c1-2-25(31)29-15-13-19(17-29)18-30-24-12-14-27-16-23(24)28-26(30)22-10-8-21(9-11-22)20-6-4-3-5-7-20/h3-12,14,16,19H,2,13,15,17-18H2,1H3/t19-/m1/s1. The van der Waals surface area contributed by atoms with E-state index >= 15 is 0 Å². The summed E-state index contributed by atoms with van der Waals surface area (Å²) in [7, 11) is 0. The van der Waals surface area contributed by atoms with Gasteiger partial charge in [-0.25, -0.2) is 4.98 Å². The van der Waals surface area contributed by atoms with Gasteiger partial charge >= 0.3 is 0 Å². The molecule has 1 aliphatic rings. The van der Waals surface area contributed by atoms with Crippen LogP contribution in [0.5, 0.6) is 0 Å². The van der Waals surface area contributed by atoms with Crippen LogP contribution in [0.2, 0.25) is 0 Å². The lowest BCUT2D eigenvalue weighted by atomic mass is 10.0. The van der Waals surface area contributed by atoms with E-state index in [1.165, 1.54) is 11.1 Å². The van der Waals surface area contributed by atoms with E-state index in [1.54, 1.807) is 0 Å². The molecule has 0 bridgehead atoms. The van der Waals surface area contributed by atoms with Gasteiger partial charge in [0.05, 0.1) is 11.7 Å². The molecular formula is C26H26N4O. The average molecular weight is 411 g/mol. The molecule has 2 aromatic heterocycles. The Hall–Kier alpha value is -3.47. The smallest absolute Gasteiger partial charge is 0.222 e. The highest BCUT2D eigenvalue weighted by Gasteiger charge is 2.27. The minimum absolute atomic E-state index is 0.249. The van der Waals surface area contributed by atoms with Crippen LogP contribution < -0.4 is 0 Å². The van der Waals surface area contributed by atoms with Gasteiger partial charge in [-0.3, -0.25) is 9.78 Å². The minimum atomic E-state index is 0.249. The first-order valence-corrected chi connectivity index (χ1v) is 11.0. The molecule has 0 N–H and O–H groups in total. The van der Waals surface area contributed by atoms with Gasteiger partial charge in [-0.15, -0.1) is 0 Å². The fraction of sp³-hybridized carbons (Fsp3) is 0.269. The fourth-order valence-electron chi connectivity index (χ4n) is 4.52. The number of aromatic nitrogens is 3. The molecule has 1 atom stereocenters. The molecule has 0 unspecified atom stereocenters. The summed E-state index contributed by atoms with van der Waals surface area (Å²) in [5.41, 5.74) is 5.49. The van der Waals surface area contributed by atoms with Gasteiger partial charge in [0.15, 0.2) is 0 Å². The number of rotatable bonds is 5. The Labute approximate surface area is 182 Å². The SMILES string of the molecule is CCC(=O)N1CC[C@@H](Cn2c(-c3ccc(-c4ccccc4)cc3)nc3cnccc32)C1. The summed E-state index contributed by atoms with van der Waals surface area (Å²) in [6.07, 6.45) is 5.26. The van der Waals surface area contributed by atoms with Crippen molar-refractivity contribution in [3.63, 3.8) is 0 Å². The molecule has 0 spiro atoms. The third-order valence-corrected chi connectivity index (χ3v) is 6.18. The highest BCUT2D eigenvalue weighted by atomic mass is 16.2. The van der Waals surface area contributed by atoms with E-state index in [9.17, 15) is 4.79 Å². The fourth-order valence-corrected chi connectivity index (χ4v) is 4.52. The predicted octanol–water partition coefficient (Wildman–Crippen LogP) is 5.02. The van der Waals surface area contributed by atoms with Crippen molar-refractivity contribution in [3.05, 3.63) is 73.1 Å². The van der Waals surface area contributed by atoms with Crippen LogP contribution in [-0.4, -0.2) is 38.4 Å². The van der Waals surface area contributed by atoms with Crippen LogP contribution in [0.1, 0.15) is 19.8 Å². The van der Waals surface area contributed by atoms with Crippen LogP contribution >= 0.6 is 0 Å². The number of pyridine rings is 1. The van der Waals surface area contributed by atoms with Gasteiger partial charge < -0.3 is 9.47 Å². The molecule has 1 aliphatic heterocycles. The van der Waals surface area contributed by atoms with Gasteiger partial charge in [0.1, 0.15) is 11.3 Å². The summed E-state index contributed by atoms with van der Waals surface area (Å²) < 4.78 is 2.30. The van der Waals surface area contributed by atoms with Crippen LogP contribution in [0.15, 0.2) is 73.1 Å². The molecule has 0 radical (unpaired) electrons. The molecule has 5 rings (SSSR count). The van der Waals surface area contributed by atoms with Gasteiger partial charge in [0, 0.05) is 37.8 Å². The Balaban J connectivity index is 1.47. The van der Waals surface area contributed by atoms with Crippen molar-refractivity contribution in [2.24, 2.45) is 5.92 Å². The minimum Gasteiger partial charge on any atom is -0.342 e. The number of imidazole rings is 1. The number of likely N-dealkylation sites (tertiary alicyclic amines) is 1. The lowest BCUT2D eigenvalue weighted by Gasteiger charge is -2.17. The zero-order valence-electron chi connectivity index (χ0n) is 17.7. The zero-order valence-corrected chi connectivity index (χ0v) is 17.7. The van der Waals surface area contributed by atoms with Crippen molar-refractivity contribution < 1.29 is 4.79 Å². The Bertz CT molecular complexity index is 1200. The second kappa shape index (κ2) is 8.34. The lowest BCUT2D eigenvalue weighted by Crippen LogP contribution is -2.28. The summed E-state index contributed by atoms with van der Waals surface area (Å²) in [6, 6.07) is 21.0. The first-order chi connectivity index (χ1) is 15.2. The van der Waals surface area contributed by atoms with Gasteiger partial charge in [0.2, 0.25) is 5.91 Å². The van der Waals surface area contributed by atoms with Crippen LogP contribution in [-0.2, 0) is 11.3 Å².